The number of carbonyl (C=O) groups excluding carboxylic acids is 1. The number of hydrogen-bond donors (Lipinski definition) is 0. The molecule has 0 atom stereocenters. The summed E-state index contributed by atoms with van der Waals surface area (Å²) >= 11 is 0. The summed E-state index contributed by atoms with van der Waals surface area (Å²) in [5, 5.41) is 0. The fourth-order valence-electron chi connectivity index (χ4n) is 3.12. The quantitative estimate of drug-likeness (QED) is 0.694. The van der Waals surface area contributed by atoms with Gasteiger partial charge in [-0.25, -0.2) is 8.42 Å². The zero-order chi connectivity index (χ0) is 19.8. The molecule has 1 aromatic carbocycles. The molecule has 1 aliphatic heterocycles. The van der Waals surface area contributed by atoms with Crippen LogP contribution in [0.2, 0.25) is 0 Å². The van der Waals surface area contributed by atoms with E-state index in [2.05, 4.69) is 0 Å². The Kier molecular flexibility index (Phi) is 4.99. The summed E-state index contributed by atoms with van der Waals surface area (Å²) in [4.78, 5) is 12.3. The van der Waals surface area contributed by atoms with E-state index in [1.54, 1.807) is 42.5 Å². The Bertz CT molecular complexity index is 994. The normalized spacial score (nSPS) is 19.8. The van der Waals surface area contributed by atoms with Crippen LogP contribution in [0.5, 0.6) is 0 Å². The molecule has 6 nitrogen and oxygen atoms in total. The maximum atomic E-state index is 12.7. The van der Waals surface area contributed by atoms with E-state index in [0.29, 0.717) is 37.8 Å². The first-order valence-electron chi connectivity index (χ1n) is 9.39. The summed E-state index contributed by atoms with van der Waals surface area (Å²) in [6.07, 6.45) is 5.15. The molecule has 0 unspecified atom stereocenters. The number of hydrogen-bond acceptors (Lipinski definition) is 5. The van der Waals surface area contributed by atoms with E-state index in [4.69, 9.17) is 9.15 Å². The molecule has 0 amide bonds. The number of furan rings is 1. The molecular weight excluding hydrogens is 378 g/mol. The molecule has 0 bridgehead atoms. The highest BCUT2D eigenvalue weighted by Crippen LogP contribution is 2.46. The van der Waals surface area contributed by atoms with Gasteiger partial charge in [-0.3, -0.25) is 4.79 Å². The Morgan fingerprint density at radius 3 is 2.39 bits per heavy atom. The first-order valence-corrected chi connectivity index (χ1v) is 10.8. The molecule has 28 heavy (non-hydrogen) atoms. The first-order chi connectivity index (χ1) is 13.4. The van der Waals surface area contributed by atoms with E-state index in [1.807, 2.05) is 13.0 Å². The summed E-state index contributed by atoms with van der Waals surface area (Å²) in [6.45, 7) is 3.55. The number of nitrogens with zero attached hydrogens (tertiary/aromatic N) is 1. The minimum atomic E-state index is -3.51. The summed E-state index contributed by atoms with van der Waals surface area (Å²) in [6, 6.07) is 10.3. The van der Waals surface area contributed by atoms with Gasteiger partial charge in [0.15, 0.2) is 5.78 Å². The standard InChI is InChI=1S/C21H23NO5S/c1-21(10-11-21)20(23)9-5-17-4-8-19(27-17)16-2-6-18(7-3-16)28(24,25)22-12-14-26-15-13-22/h2-9H,10-15H2,1H3/b9-5+. The number of morpholine rings is 1. The molecule has 1 saturated carbocycles. The molecule has 2 aliphatic rings. The number of carbonyl (C=O) groups is 1. The van der Waals surface area contributed by atoms with Crippen molar-refractivity contribution in [3.63, 3.8) is 0 Å². The van der Waals surface area contributed by atoms with E-state index in [9.17, 15) is 13.2 Å². The highest BCUT2D eigenvalue weighted by Gasteiger charge is 2.43. The molecule has 4 rings (SSSR count). The lowest BCUT2D eigenvalue weighted by atomic mass is 10.0. The molecule has 1 aliphatic carbocycles. The van der Waals surface area contributed by atoms with Gasteiger partial charge in [0, 0.05) is 24.1 Å². The van der Waals surface area contributed by atoms with Gasteiger partial charge in [-0.2, -0.15) is 4.31 Å². The van der Waals surface area contributed by atoms with Crippen molar-refractivity contribution in [2.24, 2.45) is 5.41 Å². The van der Waals surface area contributed by atoms with Crippen LogP contribution in [-0.4, -0.2) is 44.8 Å². The molecule has 148 valence electrons. The van der Waals surface area contributed by atoms with Crippen molar-refractivity contribution < 1.29 is 22.4 Å². The van der Waals surface area contributed by atoms with Crippen LogP contribution < -0.4 is 0 Å². The van der Waals surface area contributed by atoms with Crippen molar-refractivity contribution in [2.75, 3.05) is 26.3 Å². The van der Waals surface area contributed by atoms with Crippen molar-refractivity contribution in [3.05, 3.63) is 48.2 Å². The van der Waals surface area contributed by atoms with Gasteiger partial charge in [0.1, 0.15) is 11.5 Å². The van der Waals surface area contributed by atoms with Gasteiger partial charge in [-0.15, -0.1) is 0 Å². The largest absolute Gasteiger partial charge is 0.457 e. The van der Waals surface area contributed by atoms with Gasteiger partial charge in [0.05, 0.1) is 18.1 Å². The van der Waals surface area contributed by atoms with Crippen LogP contribution in [0.4, 0.5) is 0 Å². The van der Waals surface area contributed by atoms with E-state index >= 15 is 0 Å². The predicted octanol–water partition coefficient (Wildman–Crippen LogP) is 3.35. The molecule has 1 saturated heterocycles. The number of benzene rings is 1. The number of allylic oxidation sites excluding steroid dienone is 1. The molecule has 2 aromatic rings. The van der Waals surface area contributed by atoms with Gasteiger partial charge < -0.3 is 9.15 Å². The number of sulfonamides is 1. The molecule has 2 heterocycles. The van der Waals surface area contributed by atoms with Crippen LogP contribution in [-0.2, 0) is 19.6 Å². The Hall–Kier alpha value is -2.22. The molecule has 0 radical (unpaired) electrons. The topological polar surface area (TPSA) is 76.8 Å². The van der Waals surface area contributed by atoms with Crippen LogP contribution in [0.3, 0.4) is 0 Å². The maximum absolute atomic E-state index is 12.7. The van der Waals surface area contributed by atoms with Crippen LogP contribution in [0, 0.1) is 5.41 Å². The zero-order valence-electron chi connectivity index (χ0n) is 15.8. The fraction of sp³-hybridized carbons (Fsp3) is 0.381. The van der Waals surface area contributed by atoms with Gasteiger partial charge in [0.2, 0.25) is 10.0 Å². The predicted molar refractivity (Wildman–Crippen MR) is 105 cm³/mol. The van der Waals surface area contributed by atoms with Gasteiger partial charge in [-0.05, 0) is 61.4 Å². The molecule has 2 fully saturated rings. The molecule has 1 aromatic heterocycles. The minimum Gasteiger partial charge on any atom is -0.457 e. The third kappa shape index (κ3) is 3.83. The Balaban J connectivity index is 1.48. The molecular formula is C21H23NO5S. The fourth-order valence-corrected chi connectivity index (χ4v) is 4.53. The number of ketones is 1. The lowest BCUT2D eigenvalue weighted by molar-refractivity contribution is -0.118. The second-order valence-corrected chi connectivity index (χ2v) is 9.44. The number of rotatable bonds is 6. The second-order valence-electron chi connectivity index (χ2n) is 7.50. The van der Waals surface area contributed by atoms with Gasteiger partial charge in [0.25, 0.3) is 0 Å². The smallest absolute Gasteiger partial charge is 0.243 e. The van der Waals surface area contributed by atoms with E-state index < -0.39 is 10.0 Å². The molecule has 7 heteroatoms. The average molecular weight is 401 g/mol. The second kappa shape index (κ2) is 7.31. The van der Waals surface area contributed by atoms with Crippen molar-refractivity contribution in [1.29, 1.82) is 0 Å². The van der Waals surface area contributed by atoms with Crippen molar-refractivity contribution in [3.8, 4) is 11.3 Å². The molecule has 0 spiro atoms. The first kappa shape index (κ1) is 19.1. The van der Waals surface area contributed by atoms with Crippen molar-refractivity contribution in [2.45, 2.75) is 24.7 Å². The van der Waals surface area contributed by atoms with E-state index in [1.165, 1.54) is 4.31 Å². The summed E-state index contributed by atoms with van der Waals surface area (Å²) in [5.74, 6) is 1.35. The van der Waals surface area contributed by atoms with Gasteiger partial charge in [-0.1, -0.05) is 6.92 Å². The summed E-state index contributed by atoms with van der Waals surface area (Å²) < 4.78 is 37.8. The van der Waals surface area contributed by atoms with Crippen molar-refractivity contribution in [1.82, 2.24) is 4.31 Å². The highest BCUT2D eigenvalue weighted by molar-refractivity contribution is 7.89. The van der Waals surface area contributed by atoms with Crippen LogP contribution in [0.15, 0.2) is 51.8 Å². The Labute approximate surface area is 164 Å². The highest BCUT2D eigenvalue weighted by atomic mass is 32.2. The zero-order valence-corrected chi connectivity index (χ0v) is 16.6. The van der Waals surface area contributed by atoms with Gasteiger partial charge >= 0.3 is 0 Å². The third-order valence-corrected chi connectivity index (χ3v) is 7.28. The summed E-state index contributed by atoms with van der Waals surface area (Å²) in [5.41, 5.74) is 0.592. The van der Waals surface area contributed by atoms with Crippen LogP contribution >= 0.6 is 0 Å². The summed E-state index contributed by atoms with van der Waals surface area (Å²) in [7, 11) is -3.51. The SMILES string of the molecule is CC1(C(=O)/C=C/c2ccc(-c3ccc(S(=O)(=O)N4CCOCC4)cc3)o2)CC1. The lowest BCUT2D eigenvalue weighted by Crippen LogP contribution is -2.40. The monoisotopic (exact) mass is 401 g/mol. The minimum absolute atomic E-state index is 0.128. The van der Waals surface area contributed by atoms with Crippen molar-refractivity contribution >= 4 is 21.9 Å². The van der Waals surface area contributed by atoms with Crippen LogP contribution in [0.1, 0.15) is 25.5 Å². The van der Waals surface area contributed by atoms with Crippen LogP contribution in [0.25, 0.3) is 17.4 Å². The maximum Gasteiger partial charge on any atom is 0.243 e. The third-order valence-electron chi connectivity index (χ3n) is 5.37. The molecule has 0 N–H and O–H groups in total. The lowest BCUT2D eigenvalue weighted by Gasteiger charge is -2.26. The Morgan fingerprint density at radius 2 is 1.75 bits per heavy atom. The van der Waals surface area contributed by atoms with E-state index in [0.717, 1.165) is 18.4 Å². The Morgan fingerprint density at radius 1 is 1.07 bits per heavy atom. The average Bonchev–Trinajstić information content (AvgIpc) is 3.30. The van der Waals surface area contributed by atoms with E-state index in [-0.39, 0.29) is 16.1 Å². The number of ether oxygens (including phenoxy) is 1.